The zero-order valence-electron chi connectivity index (χ0n) is 7.24. The van der Waals surface area contributed by atoms with Gasteiger partial charge in [0.1, 0.15) is 0 Å². The largest absolute Gasteiger partial charge is 0.479 e. The molecule has 66 valence electrons. The quantitative estimate of drug-likeness (QED) is 0.647. The summed E-state index contributed by atoms with van der Waals surface area (Å²) >= 11 is 0. The van der Waals surface area contributed by atoms with Crippen LogP contribution in [0.3, 0.4) is 0 Å². The third-order valence-corrected chi connectivity index (χ3v) is 1.64. The predicted octanol–water partition coefficient (Wildman–Crippen LogP) is 1.11. The molecule has 0 saturated carbocycles. The Morgan fingerprint density at radius 1 is 1.36 bits per heavy atom. The van der Waals surface area contributed by atoms with E-state index in [2.05, 4.69) is 0 Å². The molecule has 11 heavy (non-hydrogen) atoms. The lowest BCUT2D eigenvalue weighted by molar-refractivity contribution is -0.149. The van der Waals surface area contributed by atoms with Gasteiger partial charge in [-0.3, -0.25) is 0 Å². The molecular formula is C8H16O3. The Morgan fingerprint density at radius 3 is 2.09 bits per heavy atom. The molecule has 3 heteroatoms. The highest BCUT2D eigenvalue weighted by molar-refractivity contribution is 5.72. The lowest BCUT2D eigenvalue weighted by atomic mass is 9.94. The highest BCUT2D eigenvalue weighted by Crippen LogP contribution is 2.14. The lowest BCUT2D eigenvalue weighted by Gasteiger charge is -2.16. The van der Waals surface area contributed by atoms with Crippen molar-refractivity contribution in [3.05, 3.63) is 0 Å². The van der Waals surface area contributed by atoms with Gasteiger partial charge in [-0.1, -0.05) is 20.8 Å². The minimum Gasteiger partial charge on any atom is -0.479 e. The molecule has 0 aliphatic heterocycles. The molecule has 0 bridgehead atoms. The fourth-order valence-electron chi connectivity index (χ4n) is 1.12. The van der Waals surface area contributed by atoms with Crippen LogP contribution in [0.1, 0.15) is 27.2 Å². The number of carboxylic acids is 1. The number of aliphatic hydroxyl groups excluding tert-OH is 1. The minimum atomic E-state index is -1.21. The molecule has 0 spiro atoms. The van der Waals surface area contributed by atoms with E-state index in [4.69, 9.17) is 10.2 Å². The molecule has 0 rings (SSSR count). The van der Waals surface area contributed by atoms with E-state index in [1.54, 1.807) is 6.92 Å². The molecule has 0 amide bonds. The number of carboxylic acid groups (broad SMARTS) is 1. The number of hydrogen-bond acceptors (Lipinski definition) is 2. The van der Waals surface area contributed by atoms with E-state index in [0.717, 1.165) is 6.42 Å². The monoisotopic (exact) mass is 160 g/mol. The van der Waals surface area contributed by atoms with Crippen molar-refractivity contribution in [3.63, 3.8) is 0 Å². The van der Waals surface area contributed by atoms with Gasteiger partial charge in [-0.15, -0.1) is 0 Å². The molecule has 3 nitrogen and oxygen atoms in total. The first kappa shape index (κ1) is 10.4. The summed E-state index contributed by atoms with van der Waals surface area (Å²) in [5.74, 6) is -0.857. The van der Waals surface area contributed by atoms with Gasteiger partial charge in [0.15, 0.2) is 6.10 Å². The van der Waals surface area contributed by atoms with Crippen LogP contribution >= 0.6 is 0 Å². The van der Waals surface area contributed by atoms with Gasteiger partial charge >= 0.3 is 5.97 Å². The Hall–Kier alpha value is -0.570. The third kappa shape index (κ3) is 3.98. The minimum absolute atomic E-state index is 0.160. The van der Waals surface area contributed by atoms with E-state index < -0.39 is 12.1 Å². The average Bonchev–Trinajstić information content (AvgIpc) is 1.84. The van der Waals surface area contributed by atoms with E-state index >= 15 is 0 Å². The van der Waals surface area contributed by atoms with Crippen molar-refractivity contribution in [1.29, 1.82) is 0 Å². The molecule has 0 aliphatic rings. The Kier molecular flexibility index (Phi) is 4.11. The van der Waals surface area contributed by atoms with Crippen molar-refractivity contribution in [2.24, 2.45) is 11.8 Å². The van der Waals surface area contributed by atoms with Crippen molar-refractivity contribution >= 4 is 5.97 Å². The van der Waals surface area contributed by atoms with Gasteiger partial charge in [0.2, 0.25) is 0 Å². The van der Waals surface area contributed by atoms with Gasteiger partial charge in [0.05, 0.1) is 0 Å². The normalized spacial score (nSPS) is 16.5. The van der Waals surface area contributed by atoms with E-state index in [0.29, 0.717) is 5.92 Å². The van der Waals surface area contributed by atoms with Crippen LogP contribution in [0.4, 0.5) is 0 Å². The van der Waals surface area contributed by atoms with Gasteiger partial charge in [-0.25, -0.2) is 4.79 Å². The second kappa shape index (κ2) is 4.34. The van der Waals surface area contributed by atoms with Gasteiger partial charge in [0, 0.05) is 0 Å². The van der Waals surface area contributed by atoms with E-state index in [9.17, 15) is 4.79 Å². The van der Waals surface area contributed by atoms with Crippen molar-refractivity contribution in [2.75, 3.05) is 0 Å². The Labute approximate surface area is 67.0 Å². The Bertz CT molecular complexity index is 131. The third-order valence-electron chi connectivity index (χ3n) is 1.64. The molecular weight excluding hydrogens is 144 g/mol. The molecule has 0 aliphatic carbocycles. The smallest absolute Gasteiger partial charge is 0.332 e. The van der Waals surface area contributed by atoms with Crippen LogP contribution in [0.5, 0.6) is 0 Å². The average molecular weight is 160 g/mol. The summed E-state index contributed by atoms with van der Waals surface area (Å²) in [6.07, 6.45) is -0.467. The van der Waals surface area contributed by atoms with Crippen molar-refractivity contribution in [1.82, 2.24) is 0 Å². The second-order valence-electron chi connectivity index (χ2n) is 3.39. The standard InChI is InChI=1S/C8H16O3/c1-5(2)4-6(3)7(9)8(10)11/h5-7,9H,4H2,1-3H3,(H,10,11)/t6-,7?/m0/s1. The summed E-state index contributed by atoms with van der Waals surface area (Å²) in [5.41, 5.74) is 0. The van der Waals surface area contributed by atoms with E-state index in [-0.39, 0.29) is 5.92 Å². The highest BCUT2D eigenvalue weighted by Gasteiger charge is 2.21. The molecule has 0 aromatic carbocycles. The maximum Gasteiger partial charge on any atom is 0.332 e. The van der Waals surface area contributed by atoms with Crippen molar-refractivity contribution in [2.45, 2.75) is 33.3 Å². The summed E-state index contributed by atoms with van der Waals surface area (Å²) in [4.78, 5) is 10.3. The van der Waals surface area contributed by atoms with Crippen LogP contribution < -0.4 is 0 Å². The van der Waals surface area contributed by atoms with Gasteiger partial charge < -0.3 is 10.2 Å². The second-order valence-corrected chi connectivity index (χ2v) is 3.39. The van der Waals surface area contributed by atoms with Gasteiger partial charge in [-0.05, 0) is 18.3 Å². The fraction of sp³-hybridized carbons (Fsp3) is 0.875. The lowest BCUT2D eigenvalue weighted by Crippen LogP contribution is -2.28. The number of carbonyl (C=O) groups is 1. The van der Waals surface area contributed by atoms with E-state index in [1.807, 2.05) is 13.8 Å². The van der Waals surface area contributed by atoms with Crippen LogP contribution in [0, 0.1) is 11.8 Å². The fourth-order valence-corrected chi connectivity index (χ4v) is 1.12. The van der Waals surface area contributed by atoms with Crippen LogP contribution in [0.15, 0.2) is 0 Å². The van der Waals surface area contributed by atoms with E-state index in [1.165, 1.54) is 0 Å². The first-order valence-corrected chi connectivity index (χ1v) is 3.86. The van der Waals surface area contributed by atoms with Crippen LogP contribution in [0.25, 0.3) is 0 Å². The van der Waals surface area contributed by atoms with Crippen LogP contribution in [0.2, 0.25) is 0 Å². The van der Waals surface area contributed by atoms with Crippen LogP contribution in [-0.4, -0.2) is 22.3 Å². The van der Waals surface area contributed by atoms with Crippen molar-refractivity contribution in [3.8, 4) is 0 Å². The number of aliphatic carboxylic acids is 1. The number of rotatable bonds is 4. The van der Waals surface area contributed by atoms with Crippen molar-refractivity contribution < 1.29 is 15.0 Å². The molecule has 0 radical (unpaired) electrons. The molecule has 0 aromatic heterocycles. The molecule has 2 atom stereocenters. The first-order valence-electron chi connectivity index (χ1n) is 3.86. The molecule has 0 fully saturated rings. The van der Waals surface area contributed by atoms with Crippen LogP contribution in [-0.2, 0) is 4.79 Å². The predicted molar refractivity (Wildman–Crippen MR) is 42.3 cm³/mol. The van der Waals surface area contributed by atoms with Gasteiger partial charge in [-0.2, -0.15) is 0 Å². The zero-order valence-corrected chi connectivity index (χ0v) is 7.24. The molecule has 1 unspecified atom stereocenters. The zero-order chi connectivity index (χ0) is 9.02. The Balaban J connectivity index is 3.82. The summed E-state index contributed by atoms with van der Waals surface area (Å²) < 4.78 is 0. The molecule has 0 heterocycles. The Morgan fingerprint density at radius 2 is 1.82 bits per heavy atom. The highest BCUT2D eigenvalue weighted by atomic mass is 16.4. The number of aliphatic hydroxyl groups is 1. The molecule has 0 aromatic rings. The van der Waals surface area contributed by atoms with Gasteiger partial charge in [0.25, 0.3) is 0 Å². The summed E-state index contributed by atoms with van der Waals surface area (Å²) in [5, 5.41) is 17.5. The first-order chi connectivity index (χ1) is 4.95. The summed E-state index contributed by atoms with van der Waals surface area (Å²) in [6, 6.07) is 0. The maximum absolute atomic E-state index is 10.3. The summed E-state index contributed by atoms with van der Waals surface area (Å²) in [6.45, 7) is 5.76. The molecule has 0 saturated heterocycles. The maximum atomic E-state index is 10.3. The topological polar surface area (TPSA) is 57.5 Å². The summed E-state index contributed by atoms with van der Waals surface area (Å²) in [7, 11) is 0. The molecule has 2 N–H and O–H groups in total. The number of hydrogen-bond donors (Lipinski definition) is 2. The SMILES string of the molecule is CC(C)C[C@H](C)C(O)C(=O)O.